The van der Waals surface area contributed by atoms with Gasteiger partial charge in [0.05, 0.1) is 13.0 Å². The third-order valence-electron chi connectivity index (χ3n) is 3.35. The fraction of sp³-hybridized carbons (Fsp3) is 0.412. The Morgan fingerprint density at radius 3 is 2.65 bits per heavy atom. The standard InChI is InChI=1S/C17H23NO5/c1-5-6-13-7-8-14(15(9-13)22-4)23-11-16(19)18(3)10-12(2)17(20)21/h5,7-9,12H,1,6,10-11H2,2-4H3,(H,20,21). The molecule has 1 amide bonds. The molecule has 0 aromatic heterocycles. The van der Waals surface area contributed by atoms with E-state index in [1.165, 1.54) is 12.0 Å². The quantitative estimate of drug-likeness (QED) is 0.704. The molecule has 1 rings (SSSR count). The van der Waals surface area contributed by atoms with Crippen LogP contribution in [-0.2, 0) is 16.0 Å². The molecule has 0 saturated heterocycles. The molecule has 0 aliphatic rings. The van der Waals surface area contributed by atoms with Crippen molar-refractivity contribution in [2.45, 2.75) is 13.3 Å². The molecular formula is C17H23NO5. The lowest BCUT2D eigenvalue weighted by Crippen LogP contribution is -2.36. The fourth-order valence-corrected chi connectivity index (χ4v) is 1.97. The third-order valence-corrected chi connectivity index (χ3v) is 3.35. The lowest BCUT2D eigenvalue weighted by Gasteiger charge is -2.20. The number of benzene rings is 1. The van der Waals surface area contributed by atoms with E-state index in [2.05, 4.69) is 6.58 Å². The Kier molecular flexibility index (Phi) is 7.12. The Hall–Kier alpha value is -2.50. The zero-order valence-electron chi connectivity index (χ0n) is 13.7. The van der Waals surface area contributed by atoms with Crippen molar-refractivity contribution in [2.75, 3.05) is 27.3 Å². The molecule has 6 nitrogen and oxygen atoms in total. The van der Waals surface area contributed by atoms with Crippen molar-refractivity contribution in [1.29, 1.82) is 0 Å². The van der Waals surface area contributed by atoms with E-state index in [-0.39, 0.29) is 19.1 Å². The Balaban J connectivity index is 2.64. The Bertz CT molecular complexity index is 570. The zero-order chi connectivity index (χ0) is 17.4. The van der Waals surface area contributed by atoms with Crippen molar-refractivity contribution in [3.05, 3.63) is 36.4 Å². The number of carboxylic acids is 1. The number of methoxy groups -OCH3 is 1. The van der Waals surface area contributed by atoms with Gasteiger partial charge in [0.2, 0.25) is 0 Å². The van der Waals surface area contributed by atoms with Crippen molar-refractivity contribution in [3.63, 3.8) is 0 Å². The lowest BCUT2D eigenvalue weighted by molar-refractivity contribution is -0.143. The van der Waals surface area contributed by atoms with E-state index in [1.54, 1.807) is 26.1 Å². The minimum absolute atomic E-state index is 0.132. The van der Waals surface area contributed by atoms with Gasteiger partial charge in [0.25, 0.3) is 5.91 Å². The second-order valence-corrected chi connectivity index (χ2v) is 5.28. The summed E-state index contributed by atoms with van der Waals surface area (Å²) in [7, 11) is 3.08. The number of amides is 1. The minimum Gasteiger partial charge on any atom is -0.493 e. The molecule has 23 heavy (non-hydrogen) atoms. The van der Waals surface area contributed by atoms with E-state index in [4.69, 9.17) is 14.6 Å². The van der Waals surface area contributed by atoms with Gasteiger partial charge in [-0.25, -0.2) is 0 Å². The molecule has 0 spiro atoms. The van der Waals surface area contributed by atoms with Crippen LogP contribution in [0.2, 0.25) is 0 Å². The van der Waals surface area contributed by atoms with Crippen LogP contribution >= 0.6 is 0 Å². The molecule has 1 aromatic carbocycles. The maximum absolute atomic E-state index is 12.0. The van der Waals surface area contributed by atoms with Crippen LogP contribution in [0.4, 0.5) is 0 Å². The number of hydrogen-bond donors (Lipinski definition) is 1. The molecule has 1 aromatic rings. The maximum atomic E-state index is 12.0. The summed E-state index contributed by atoms with van der Waals surface area (Å²) in [5, 5.41) is 8.87. The van der Waals surface area contributed by atoms with Crippen LogP contribution in [0.15, 0.2) is 30.9 Å². The van der Waals surface area contributed by atoms with Crippen LogP contribution < -0.4 is 9.47 Å². The summed E-state index contributed by atoms with van der Waals surface area (Å²) < 4.78 is 10.8. The first-order chi connectivity index (χ1) is 10.9. The van der Waals surface area contributed by atoms with Gasteiger partial charge in [-0.15, -0.1) is 6.58 Å². The highest BCUT2D eigenvalue weighted by atomic mass is 16.5. The Morgan fingerprint density at radius 1 is 1.39 bits per heavy atom. The van der Waals surface area contributed by atoms with E-state index in [9.17, 15) is 9.59 Å². The van der Waals surface area contributed by atoms with E-state index in [0.29, 0.717) is 17.9 Å². The Morgan fingerprint density at radius 2 is 2.09 bits per heavy atom. The number of hydrogen-bond acceptors (Lipinski definition) is 4. The highest BCUT2D eigenvalue weighted by molar-refractivity contribution is 5.78. The topological polar surface area (TPSA) is 76.1 Å². The SMILES string of the molecule is C=CCc1ccc(OCC(=O)N(C)CC(C)C(=O)O)c(OC)c1. The van der Waals surface area contributed by atoms with Gasteiger partial charge in [0.15, 0.2) is 18.1 Å². The molecule has 0 heterocycles. The van der Waals surface area contributed by atoms with Crippen molar-refractivity contribution in [1.82, 2.24) is 4.90 Å². The van der Waals surface area contributed by atoms with E-state index >= 15 is 0 Å². The van der Waals surface area contributed by atoms with Crippen LogP contribution in [0.3, 0.4) is 0 Å². The number of nitrogens with zero attached hydrogens (tertiary/aromatic N) is 1. The summed E-state index contributed by atoms with van der Waals surface area (Å²) in [6.07, 6.45) is 2.50. The van der Waals surface area contributed by atoms with Crippen molar-refractivity contribution in [3.8, 4) is 11.5 Å². The molecule has 126 valence electrons. The van der Waals surface area contributed by atoms with Crippen molar-refractivity contribution < 1.29 is 24.2 Å². The average molecular weight is 321 g/mol. The second-order valence-electron chi connectivity index (χ2n) is 5.28. The van der Waals surface area contributed by atoms with Gasteiger partial charge in [-0.2, -0.15) is 0 Å². The van der Waals surface area contributed by atoms with Crippen LogP contribution in [0.1, 0.15) is 12.5 Å². The van der Waals surface area contributed by atoms with Crippen LogP contribution in [0.25, 0.3) is 0 Å². The molecule has 0 radical (unpaired) electrons. The highest BCUT2D eigenvalue weighted by Crippen LogP contribution is 2.28. The van der Waals surface area contributed by atoms with E-state index < -0.39 is 11.9 Å². The van der Waals surface area contributed by atoms with Gasteiger partial charge in [0.1, 0.15) is 0 Å². The predicted molar refractivity (Wildman–Crippen MR) is 86.8 cm³/mol. The van der Waals surface area contributed by atoms with Gasteiger partial charge in [0, 0.05) is 13.6 Å². The van der Waals surface area contributed by atoms with Crippen LogP contribution in [0.5, 0.6) is 11.5 Å². The molecule has 0 aliphatic heterocycles. The maximum Gasteiger partial charge on any atom is 0.308 e. The molecule has 0 aliphatic carbocycles. The molecule has 0 bridgehead atoms. The third kappa shape index (κ3) is 5.65. The monoisotopic (exact) mass is 321 g/mol. The summed E-state index contributed by atoms with van der Waals surface area (Å²) in [6.45, 7) is 5.19. The summed E-state index contributed by atoms with van der Waals surface area (Å²) in [5.41, 5.74) is 1.03. The first kappa shape index (κ1) is 18.5. The smallest absolute Gasteiger partial charge is 0.308 e. The molecular weight excluding hydrogens is 298 g/mol. The molecule has 1 N–H and O–H groups in total. The first-order valence-electron chi connectivity index (χ1n) is 7.26. The first-order valence-corrected chi connectivity index (χ1v) is 7.26. The molecule has 0 fully saturated rings. The number of carbonyl (C=O) groups is 2. The number of carboxylic acid groups (broad SMARTS) is 1. The summed E-state index contributed by atoms with van der Waals surface area (Å²) in [5.74, 6) is -0.857. The highest BCUT2D eigenvalue weighted by Gasteiger charge is 2.18. The lowest BCUT2D eigenvalue weighted by atomic mass is 10.1. The molecule has 6 heteroatoms. The van der Waals surface area contributed by atoms with Crippen molar-refractivity contribution >= 4 is 11.9 Å². The van der Waals surface area contributed by atoms with Crippen LogP contribution in [0, 0.1) is 5.92 Å². The number of carbonyl (C=O) groups excluding carboxylic acids is 1. The van der Waals surface area contributed by atoms with Crippen LogP contribution in [-0.4, -0.2) is 49.2 Å². The number of aliphatic carboxylic acids is 1. The van der Waals surface area contributed by atoms with Gasteiger partial charge >= 0.3 is 5.97 Å². The second kappa shape index (κ2) is 8.82. The predicted octanol–water partition coefficient (Wildman–Crippen LogP) is 1.98. The minimum atomic E-state index is -0.940. The number of rotatable bonds is 9. The van der Waals surface area contributed by atoms with E-state index in [0.717, 1.165) is 5.56 Å². The fourth-order valence-electron chi connectivity index (χ4n) is 1.97. The normalized spacial score (nSPS) is 11.4. The van der Waals surface area contributed by atoms with Gasteiger partial charge < -0.3 is 19.5 Å². The van der Waals surface area contributed by atoms with E-state index in [1.807, 2.05) is 12.1 Å². The number of ether oxygens (including phenoxy) is 2. The summed E-state index contributed by atoms with van der Waals surface area (Å²) in [6, 6.07) is 5.45. The van der Waals surface area contributed by atoms with Crippen molar-refractivity contribution in [2.24, 2.45) is 5.92 Å². The molecule has 0 saturated carbocycles. The van der Waals surface area contributed by atoms with Gasteiger partial charge in [-0.05, 0) is 24.1 Å². The average Bonchev–Trinajstić information content (AvgIpc) is 2.53. The molecule has 1 atom stereocenters. The number of allylic oxidation sites excluding steroid dienone is 1. The van der Waals surface area contributed by atoms with Gasteiger partial charge in [-0.1, -0.05) is 19.1 Å². The van der Waals surface area contributed by atoms with Gasteiger partial charge in [-0.3, -0.25) is 9.59 Å². The largest absolute Gasteiger partial charge is 0.493 e. The summed E-state index contributed by atoms with van der Waals surface area (Å²) in [4.78, 5) is 24.2. The molecule has 1 unspecified atom stereocenters. The zero-order valence-corrected chi connectivity index (χ0v) is 13.7. The Labute approximate surface area is 136 Å². The number of likely N-dealkylation sites (N-methyl/N-ethyl adjacent to an activating group) is 1. The summed E-state index contributed by atoms with van der Waals surface area (Å²) >= 11 is 0.